The van der Waals surface area contributed by atoms with Crippen LogP contribution in [0.5, 0.6) is 0 Å². The molecule has 0 bridgehead atoms. The van der Waals surface area contributed by atoms with Crippen molar-refractivity contribution < 1.29 is 27.5 Å². The first kappa shape index (κ1) is 15.5. The molecule has 21 heavy (non-hydrogen) atoms. The number of sulfonamides is 1. The predicted molar refractivity (Wildman–Crippen MR) is 71.3 cm³/mol. The van der Waals surface area contributed by atoms with Crippen LogP contribution in [-0.2, 0) is 14.8 Å². The van der Waals surface area contributed by atoms with E-state index in [9.17, 15) is 18.0 Å². The van der Waals surface area contributed by atoms with Crippen LogP contribution in [0.25, 0.3) is 0 Å². The molecule has 2 N–H and O–H groups in total. The Labute approximate surface area is 121 Å². The van der Waals surface area contributed by atoms with Crippen LogP contribution in [0.1, 0.15) is 29.8 Å². The van der Waals surface area contributed by atoms with Crippen LogP contribution in [0.3, 0.4) is 0 Å². The predicted octanol–water partition coefficient (Wildman–Crippen LogP) is 0.267. The van der Waals surface area contributed by atoms with Gasteiger partial charge in [-0.25, -0.2) is 17.5 Å². The highest BCUT2D eigenvalue weighted by Crippen LogP contribution is 2.32. The largest absolute Gasteiger partial charge is 0.480 e. The summed E-state index contributed by atoms with van der Waals surface area (Å²) in [5, 5.41) is 11.2. The van der Waals surface area contributed by atoms with Gasteiger partial charge in [0, 0.05) is 14.1 Å². The van der Waals surface area contributed by atoms with Crippen LogP contribution in [0.2, 0.25) is 0 Å². The van der Waals surface area contributed by atoms with Gasteiger partial charge in [-0.3, -0.25) is 4.79 Å². The van der Waals surface area contributed by atoms with Gasteiger partial charge in [0.1, 0.15) is 5.54 Å². The minimum absolute atomic E-state index is 0.233. The molecular formula is C12H16N2O6S. The maximum absolute atomic E-state index is 12.0. The molecule has 1 fully saturated rings. The molecule has 1 heterocycles. The molecule has 2 rings (SSSR count). The number of carbonyl (C=O) groups excluding carboxylic acids is 1. The summed E-state index contributed by atoms with van der Waals surface area (Å²) < 4.78 is 29.7. The third-order valence-corrected chi connectivity index (χ3v) is 5.20. The van der Waals surface area contributed by atoms with Crippen molar-refractivity contribution in [3.8, 4) is 0 Å². The lowest BCUT2D eigenvalue weighted by atomic mass is 9.76. The molecule has 0 radical (unpaired) electrons. The van der Waals surface area contributed by atoms with Gasteiger partial charge in [0.25, 0.3) is 15.9 Å². The zero-order chi connectivity index (χ0) is 15.8. The molecule has 0 aliphatic heterocycles. The van der Waals surface area contributed by atoms with E-state index in [1.165, 1.54) is 26.2 Å². The molecule has 0 aromatic carbocycles. The lowest BCUT2D eigenvalue weighted by Crippen LogP contribution is -2.59. The Bertz CT molecular complexity index is 672. The van der Waals surface area contributed by atoms with Crippen LogP contribution in [0, 0.1) is 0 Å². The monoisotopic (exact) mass is 316 g/mol. The summed E-state index contributed by atoms with van der Waals surface area (Å²) in [6, 6.07) is 2.37. The van der Waals surface area contributed by atoms with Gasteiger partial charge >= 0.3 is 5.97 Å². The molecule has 1 aliphatic rings. The summed E-state index contributed by atoms with van der Waals surface area (Å²) in [6.45, 7) is 0. The van der Waals surface area contributed by atoms with Gasteiger partial charge in [-0.05, 0) is 31.4 Å². The highest BCUT2D eigenvalue weighted by Gasteiger charge is 2.46. The van der Waals surface area contributed by atoms with Crippen LogP contribution in [-0.4, -0.2) is 49.3 Å². The topological polar surface area (TPSA) is 117 Å². The number of hydrogen-bond donors (Lipinski definition) is 2. The minimum Gasteiger partial charge on any atom is -0.480 e. The van der Waals surface area contributed by atoms with Crippen molar-refractivity contribution in [2.24, 2.45) is 0 Å². The molecule has 1 amide bonds. The summed E-state index contributed by atoms with van der Waals surface area (Å²) in [4.78, 5) is 23.2. The van der Waals surface area contributed by atoms with E-state index in [1.54, 1.807) is 0 Å². The molecule has 0 unspecified atom stereocenters. The first-order valence-corrected chi connectivity index (χ1v) is 7.71. The van der Waals surface area contributed by atoms with Crippen molar-refractivity contribution in [3.63, 3.8) is 0 Å². The van der Waals surface area contributed by atoms with Gasteiger partial charge in [0.05, 0.1) is 0 Å². The van der Waals surface area contributed by atoms with Gasteiger partial charge in [-0.15, -0.1) is 0 Å². The molecule has 9 heteroatoms. The van der Waals surface area contributed by atoms with Crippen LogP contribution in [0.15, 0.2) is 21.6 Å². The van der Waals surface area contributed by atoms with Gasteiger partial charge in [0.2, 0.25) is 5.09 Å². The maximum atomic E-state index is 12.0. The molecule has 1 aliphatic carbocycles. The number of carboxylic acids is 1. The lowest BCUT2D eigenvalue weighted by molar-refractivity contribution is -0.148. The van der Waals surface area contributed by atoms with E-state index in [1.807, 2.05) is 0 Å². The standard InChI is InChI=1S/C12H16N2O6S/c1-14(2)21(18,19)9-5-4-8(20-9)10(15)13-12(11(16)17)6-3-7-12/h4-5H,3,6-7H2,1-2H3,(H,13,15)(H,16,17). The zero-order valence-electron chi connectivity index (χ0n) is 11.6. The van der Waals surface area contributed by atoms with Crippen LogP contribution >= 0.6 is 0 Å². The number of furan rings is 1. The molecule has 1 aromatic heterocycles. The molecule has 0 saturated heterocycles. The normalized spacial score (nSPS) is 17.3. The molecule has 0 spiro atoms. The number of amides is 1. The molecular weight excluding hydrogens is 300 g/mol. The van der Waals surface area contributed by atoms with Crippen LogP contribution < -0.4 is 5.32 Å². The second-order valence-corrected chi connectivity index (χ2v) is 7.18. The van der Waals surface area contributed by atoms with Crippen molar-refractivity contribution in [1.29, 1.82) is 0 Å². The number of hydrogen-bond acceptors (Lipinski definition) is 5. The number of rotatable bonds is 5. The average Bonchev–Trinajstić information content (AvgIpc) is 2.82. The van der Waals surface area contributed by atoms with Crippen molar-refractivity contribution in [1.82, 2.24) is 9.62 Å². The van der Waals surface area contributed by atoms with Crippen molar-refractivity contribution in [3.05, 3.63) is 17.9 Å². The van der Waals surface area contributed by atoms with E-state index in [2.05, 4.69) is 5.32 Å². The Morgan fingerprint density at radius 1 is 1.33 bits per heavy atom. The van der Waals surface area contributed by atoms with Gasteiger partial charge in [-0.2, -0.15) is 0 Å². The first-order valence-electron chi connectivity index (χ1n) is 6.27. The molecule has 1 saturated carbocycles. The van der Waals surface area contributed by atoms with Gasteiger partial charge in [-0.1, -0.05) is 0 Å². The Morgan fingerprint density at radius 3 is 2.38 bits per heavy atom. The summed E-state index contributed by atoms with van der Waals surface area (Å²) >= 11 is 0. The molecule has 0 atom stereocenters. The Hall–Kier alpha value is -1.87. The second kappa shape index (κ2) is 5.15. The smallest absolute Gasteiger partial charge is 0.329 e. The molecule has 8 nitrogen and oxygen atoms in total. The number of carboxylic acid groups (broad SMARTS) is 1. The fourth-order valence-corrected chi connectivity index (χ4v) is 2.76. The van der Waals surface area contributed by atoms with Crippen LogP contribution in [0.4, 0.5) is 0 Å². The molecule has 116 valence electrons. The van der Waals surface area contributed by atoms with E-state index >= 15 is 0 Å². The third kappa shape index (κ3) is 2.66. The zero-order valence-corrected chi connectivity index (χ0v) is 12.4. The SMILES string of the molecule is CN(C)S(=O)(=O)c1ccc(C(=O)NC2(C(=O)O)CCC2)o1. The Balaban J connectivity index is 2.19. The van der Waals surface area contributed by atoms with Crippen molar-refractivity contribution in [2.45, 2.75) is 29.9 Å². The first-order chi connectivity index (χ1) is 9.69. The van der Waals surface area contributed by atoms with E-state index in [4.69, 9.17) is 9.52 Å². The second-order valence-electron chi connectivity index (χ2n) is 5.10. The van der Waals surface area contributed by atoms with Gasteiger partial charge in [0.15, 0.2) is 5.76 Å². The number of carbonyl (C=O) groups is 2. The summed E-state index contributed by atoms with van der Waals surface area (Å²) in [5.74, 6) is -2.07. The number of nitrogens with zero attached hydrogens (tertiary/aromatic N) is 1. The maximum Gasteiger partial charge on any atom is 0.329 e. The highest BCUT2D eigenvalue weighted by molar-refractivity contribution is 7.88. The summed E-state index contributed by atoms with van der Waals surface area (Å²) in [6.07, 6.45) is 1.40. The van der Waals surface area contributed by atoms with Gasteiger partial charge < -0.3 is 14.8 Å². The number of nitrogens with one attached hydrogen (secondary N) is 1. The fraction of sp³-hybridized carbons (Fsp3) is 0.500. The Morgan fingerprint density at radius 2 is 1.95 bits per heavy atom. The van der Waals surface area contributed by atoms with E-state index in [-0.39, 0.29) is 10.9 Å². The quantitative estimate of drug-likeness (QED) is 0.805. The average molecular weight is 316 g/mol. The fourth-order valence-electron chi connectivity index (χ4n) is 1.96. The van der Waals surface area contributed by atoms with Crippen molar-refractivity contribution >= 4 is 21.9 Å². The van der Waals surface area contributed by atoms with E-state index < -0.39 is 27.4 Å². The minimum atomic E-state index is -3.77. The van der Waals surface area contributed by atoms with E-state index in [0.717, 1.165) is 4.31 Å². The summed E-state index contributed by atoms with van der Waals surface area (Å²) in [5.41, 5.74) is -1.27. The molecule has 1 aromatic rings. The highest BCUT2D eigenvalue weighted by atomic mass is 32.2. The third-order valence-electron chi connectivity index (χ3n) is 3.51. The Kier molecular flexibility index (Phi) is 3.81. The lowest BCUT2D eigenvalue weighted by Gasteiger charge is -2.37. The van der Waals surface area contributed by atoms with E-state index in [0.29, 0.717) is 19.3 Å². The number of aliphatic carboxylic acids is 1. The summed E-state index contributed by atoms with van der Waals surface area (Å²) in [7, 11) is -1.09. The van der Waals surface area contributed by atoms with Crippen molar-refractivity contribution in [2.75, 3.05) is 14.1 Å².